The lowest BCUT2D eigenvalue weighted by atomic mass is 10.2. The number of rotatable bonds is 4. The topological polar surface area (TPSA) is 78.3 Å². The fourth-order valence-corrected chi connectivity index (χ4v) is 1.66. The van der Waals surface area contributed by atoms with Gasteiger partial charge < -0.3 is 15.0 Å². The van der Waals surface area contributed by atoms with Crippen LogP contribution in [0.1, 0.15) is 5.56 Å². The van der Waals surface area contributed by atoms with Crippen LogP contribution < -0.4 is 10.1 Å². The molecule has 0 spiro atoms. The summed E-state index contributed by atoms with van der Waals surface area (Å²) in [6, 6.07) is 5.09. The highest BCUT2D eigenvalue weighted by atomic mass is 16.5. The van der Waals surface area contributed by atoms with E-state index in [-0.39, 0.29) is 12.1 Å². The van der Waals surface area contributed by atoms with Crippen molar-refractivity contribution in [3.8, 4) is 11.9 Å². The van der Waals surface area contributed by atoms with Gasteiger partial charge >= 0.3 is 6.03 Å². The number of amides is 2. The third-order valence-electron chi connectivity index (χ3n) is 2.68. The number of hydrogen-bond acceptors (Lipinski definition) is 4. The van der Waals surface area contributed by atoms with E-state index in [1.165, 1.54) is 6.20 Å². The molecule has 6 nitrogen and oxygen atoms in total. The molecule has 2 heterocycles. The van der Waals surface area contributed by atoms with E-state index in [1.54, 1.807) is 23.1 Å². The maximum Gasteiger partial charge on any atom is 0.317 e. The molecule has 1 aliphatic rings. The largest absolute Gasteiger partial charge is 0.471 e. The van der Waals surface area contributed by atoms with Crippen LogP contribution in [0.2, 0.25) is 0 Å². The Labute approximate surface area is 111 Å². The quantitative estimate of drug-likeness (QED) is 0.814. The molecule has 1 aromatic rings. The molecule has 0 aliphatic carbocycles. The molecule has 2 amide bonds. The van der Waals surface area contributed by atoms with Crippen molar-refractivity contribution in [1.29, 1.82) is 5.26 Å². The van der Waals surface area contributed by atoms with Gasteiger partial charge in [0, 0.05) is 18.8 Å². The number of carbonyl (C=O) groups excluding carboxylic acids is 1. The van der Waals surface area contributed by atoms with E-state index in [2.05, 4.69) is 16.9 Å². The fraction of sp³-hybridized carbons (Fsp3) is 0.308. The zero-order chi connectivity index (χ0) is 13.7. The summed E-state index contributed by atoms with van der Waals surface area (Å²) in [6.07, 6.45) is 3.08. The number of urea groups is 1. The van der Waals surface area contributed by atoms with Crippen molar-refractivity contribution in [2.45, 2.75) is 6.10 Å². The number of hydrogen-bond donors (Lipinski definition) is 1. The van der Waals surface area contributed by atoms with E-state index in [1.807, 2.05) is 6.07 Å². The molecule has 98 valence electrons. The van der Waals surface area contributed by atoms with Crippen LogP contribution in [-0.4, -0.2) is 41.7 Å². The first-order valence-electron chi connectivity index (χ1n) is 5.89. The lowest BCUT2D eigenvalue weighted by Gasteiger charge is -2.38. The third kappa shape index (κ3) is 3.22. The zero-order valence-electron chi connectivity index (χ0n) is 10.4. The smallest absolute Gasteiger partial charge is 0.317 e. The van der Waals surface area contributed by atoms with Gasteiger partial charge in [-0.25, -0.2) is 9.78 Å². The van der Waals surface area contributed by atoms with Crippen molar-refractivity contribution < 1.29 is 9.53 Å². The normalized spacial score (nSPS) is 14.2. The highest BCUT2D eigenvalue weighted by Gasteiger charge is 2.32. The number of nitriles is 1. The van der Waals surface area contributed by atoms with Gasteiger partial charge in [-0.3, -0.25) is 0 Å². The van der Waals surface area contributed by atoms with Gasteiger partial charge in [-0.1, -0.05) is 6.08 Å². The molecule has 19 heavy (non-hydrogen) atoms. The third-order valence-corrected chi connectivity index (χ3v) is 2.68. The molecule has 0 aromatic carbocycles. The molecule has 1 saturated heterocycles. The molecule has 1 N–H and O–H groups in total. The standard InChI is InChI=1S/C13H14N4O2/c1-2-4-16-13(18)17-8-11(9-17)19-12-6-10(7-14)3-5-15-12/h2-3,5-6,11H,1,4,8-9H2,(H,16,18). The van der Waals surface area contributed by atoms with Gasteiger partial charge in [0.2, 0.25) is 5.88 Å². The van der Waals surface area contributed by atoms with E-state index < -0.39 is 0 Å². The first-order valence-corrected chi connectivity index (χ1v) is 5.89. The van der Waals surface area contributed by atoms with Crippen molar-refractivity contribution in [1.82, 2.24) is 15.2 Å². The number of aromatic nitrogens is 1. The minimum absolute atomic E-state index is 0.0732. The van der Waals surface area contributed by atoms with Crippen molar-refractivity contribution in [3.63, 3.8) is 0 Å². The molecule has 6 heteroatoms. The molecule has 0 unspecified atom stereocenters. The number of pyridine rings is 1. The van der Waals surface area contributed by atoms with Gasteiger partial charge in [-0.2, -0.15) is 5.26 Å². The Bertz CT molecular complexity index is 518. The van der Waals surface area contributed by atoms with Gasteiger partial charge in [0.05, 0.1) is 24.7 Å². The molecular formula is C13H14N4O2. The average Bonchev–Trinajstić information content (AvgIpc) is 2.40. The number of likely N-dealkylation sites (tertiary alicyclic amines) is 1. The van der Waals surface area contributed by atoms with E-state index >= 15 is 0 Å². The number of nitrogens with zero attached hydrogens (tertiary/aromatic N) is 3. The van der Waals surface area contributed by atoms with Crippen LogP contribution >= 0.6 is 0 Å². The molecule has 0 bridgehead atoms. The maximum atomic E-state index is 11.5. The second-order valence-electron chi connectivity index (χ2n) is 4.11. The van der Waals surface area contributed by atoms with Gasteiger partial charge in [0.15, 0.2) is 0 Å². The highest BCUT2D eigenvalue weighted by Crippen LogP contribution is 2.16. The summed E-state index contributed by atoms with van der Waals surface area (Å²) in [5.74, 6) is 0.412. The minimum Gasteiger partial charge on any atom is -0.471 e. The van der Waals surface area contributed by atoms with Crippen molar-refractivity contribution >= 4 is 6.03 Å². The lowest BCUT2D eigenvalue weighted by molar-refractivity contribution is 0.0417. The predicted octanol–water partition coefficient (Wildman–Crippen LogP) is 0.912. The molecule has 0 atom stereocenters. The molecule has 0 radical (unpaired) electrons. The number of carbonyl (C=O) groups is 1. The number of nitrogens with one attached hydrogen (secondary N) is 1. The first-order chi connectivity index (χ1) is 9.22. The summed E-state index contributed by atoms with van der Waals surface area (Å²) in [6.45, 7) is 5.01. The van der Waals surface area contributed by atoms with Gasteiger partial charge in [0.1, 0.15) is 6.10 Å². The summed E-state index contributed by atoms with van der Waals surface area (Å²) in [5, 5.41) is 11.5. The van der Waals surface area contributed by atoms with Crippen LogP contribution in [0.3, 0.4) is 0 Å². The average molecular weight is 258 g/mol. The molecule has 0 saturated carbocycles. The summed E-state index contributed by atoms with van der Waals surface area (Å²) < 4.78 is 5.57. The summed E-state index contributed by atoms with van der Waals surface area (Å²) >= 11 is 0. The molecular weight excluding hydrogens is 244 g/mol. The lowest BCUT2D eigenvalue weighted by Crippen LogP contribution is -2.58. The Hall–Kier alpha value is -2.55. The second-order valence-corrected chi connectivity index (χ2v) is 4.11. The van der Waals surface area contributed by atoms with Crippen molar-refractivity contribution in [2.75, 3.05) is 19.6 Å². The van der Waals surface area contributed by atoms with Gasteiger partial charge in [0.25, 0.3) is 0 Å². The van der Waals surface area contributed by atoms with E-state index in [4.69, 9.17) is 10.00 Å². The van der Waals surface area contributed by atoms with E-state index in [9.17, 15) is 4.79 Å². The monoisotopic (exact) mass is 258 g/mol. The molecule has 2 rings (SSSR count). The Morgan fingerprint density at radius 2 is 2.53 bits per heavy atom. The summed E-state index contributed by atoms with van der Waals surface area (Å²) in [5.41, 5.74) is 0.505. The number of ether oxygens (including phenoxy) is 1. The first kappa shape index (κ1) is 12.9. The molecule has 1 fully saturated rings. The Kier molecular flexibility index (Phi) is 3.98. The van der Waals surface area contributed by atoms with Crippen LogP contribution in [0.15, 0.2) is 31.0 Å². The molecule has 1 aliphatic heterocycles. The predicted molar refractivity (Wildman–Crippen MR) is 68.5 cm³/mol. The van der Waals surface area contributed by atoms with Crippen LogP contribution in [0.25, 0.3) is 0 Å². The highest BCUT2D eigenvalue weighted by molar-refractivity contribution is 5.75. The van der Waals surface area contributed by atoms with Crippen LogP contribution in [0.5, 0.6) is 5.88 Å². The Balaban J connectivity index is 1.80. The minimum atomic E-state index is -0.126. The SMILES string of the molecule is C=CCNC(=O)N1CC(Oc2cc(C#N)ccn2)C1. The van der Waals surface area contributed by atoms with Gasteiger partial charge in [-0.15, -0.1) is 6.58 Å². The maximum absolute atomic E-state index is 11.5. The Morgan fingerprint density at radius 1 is 1.74 bits per heavy atom. The van der Waals surface area contributed by atoms with Crippen molar-refractivity contribution in [3.05, 3.63) is 36.5 Å². The van der Waals surface area contributed by atoms with Crippen LogP contribution in [0.4, 0.5) is 4.79 Å². The van der Waals surface area contributed by atoms with E-state index in [0.717, 1.165) is 0 Å². The fourth-order valence-electron chi connectivity index (χ4n) is 1.66. The van der Waals surface area contributed by atoms with Crippen molar-refractivity contribution in [2.24, 2.45) is 0 Å². The zero-order valence-corrected chi connectivity index (χ0v) is 10.4. The van der Waals surface area contributed by atoms with Gasteiger partial charge in [-0.05, 0) is 6.07 Å². The van der Waals surface area contributed by atoms with Crippen LogP contribution in [-0.2, 0) is 0 Å². The summed E-state index contributed by atoms with van der Waals surface area (Å²) in [7, 11) is 0. The second kappa shape index (κ2) is 5.87. The Morgan fingerprint density at radius 3 is 3.21 bits per heavy atom. The molecule has 1 aromatic heterocycles. The van der Waals surface area contributed by atoms with E-state index in [0.29, 0.717) is 31.1 Å². The summed E-state index contributed by atoms with van der Waals surface area (Å²) in [4.78, 5) is 17.2. The van der Waals surface area contributed by atoms with Crippen LogP contribution in [0, 0.1) is 11.3 Å².